The molecule has 2 fully saturated rings. The molecule has 0 spiro atoms. The van der Waals surface area contributed by atoms with Gasteiger partial charge in [-0.3, -0.25) is 0 Å². The summed E-state index contributed by atoms with van der Waals surface area (Å²) in [5.41, 5.74) is 1.34. The van der Waals surface area contributed by atoms with Crippen molar-refractivity contribution in [1.82, 2.24) is 13.3 Å². The number of imide groups is 1. The number of methoxy groups -OCH3 is 2. The minimum atomic E-state index is -1.25. The van der Waals surface area contributed by atoms with E-state index in [4.69, 9.17) is 14.2 Å². The van der Waals surface area contributed by atoms with Gasteiger partial charge < -0.3 is 0 Å². The minimum absolute atomic E-state index is 0.0840. The number of amides is 3. The molecule has 28 heavy (non-hydrogen) atoms. The van der Waals surface area contributed by atoms with Crippen molar-refractivity contribution >= 4 is 39.3 Å². The number of hydrogen-bond acceptors (Lipinski definition) is 7. The first-order valence-electron chi connectivity index (χ1n) is 9.08. The molecule has 0 aromatic heterocycles. The number of ether oxygens (including phenoxy) is 3. The van der Waals surface area contributed by atoms with Gasteiger partial charge in [0.05, 0.1) is 0 Å². The molecule has 9 nitrogen and oxygen atoms in total. The molecule has 3 aliphatic rings. The zero-order valence-electron chi connectivity index (χ0n) is 15.7. The Morgan fingerprint density at radius 2 is 1.89 bits per heavy atom. The molecule has 1 atom stereocenters. The van der Waals surface area contributed by atoms with Gasteiger partial charge in [0.1, 0.15) is 0 Å². The zero-order chi connectivity index (χ0) is 19.8. The summed E-state index contributed by atoms with van der Waals surface area (Å²) >= 11 is -1.25. The van der Waals surface area contributed by atoms with Crippen LogP contribution in [0.2, 0.25) is 0 Å². The number of rotatable bonds is 5. The molecule has 148 valence electrons. The predicted octanol–water partition coefficient (Wildman–Crippen LogP) is 0.508. The molecule has 10 heteroatoms. The number of esters is 1. The molecule has 4 rings (SSSR count). The van der Waals surface area contributed by atoms with Gasteiger partial charge in [0.25, 0.3) is 0 Å². The molecule has 1 N–H and O–H groups in total. The van der Waals surface area contributed by atoms with Gasteiger partial charge in [0.2, 0.25) is 0 Å². The molecular weight excluding hydrogens is 473 g/mol. The van der Waals surface area contributed by atoms with Crippen molar-refractivity contribution in [2.75, 3.05) is 33.9 Å². The van der Waals surface area contributed by atoms with Crippen LogP contribution in [-0.2, 0) is 9.53 Å². The van der Waals surface area contributed by atoms with Crippen LogP contribution < -0.4 is 14.8 Å². The Bertz CT molecular complexity index is 824. The molecule has 1 aromatic rings. The average Bonchev–Trinajstić information content (AvgIpc) is 3.20. The second-order valence-corrected chi connectivity index (χ2v) is 10.9. The Morgan fingerprint density at radius 1 is 1.14 bits per heavy atom. The number of piperidine rings is 1. The Kier molecular flexibility index (Phi) is 5.37. The van der Waals surface area contributed by atoms with Gasteiger partial charge in [-0.1, -0.05) is 0 Å². The van der Waals surface area contributed by atoms with E-state index in [1.54, 1.807) is 18.1 Å². The number of benzene rings is 1. The predicted molar refractivity (Wildman–Crippen MR) is 98.3 cm³/mol. The molecule has 1 aromatic carbocycles. The quantitative estimate of drug-likeness (QED) is 0.362. The summed E-state index contributed by atoms with van der Waals surface area (Å²) < 4.78 is 18.5. The van der Waals surface area contributed by atoms with E-state index in [0.29, 0.717) is 17.1 Å². The van der Waals surface area contributed by atoms with E-state index in [-0.39, 0.29) is 34.6 Å². The summed E-state index contributed by atoms with van der Waals surface area (Å²) in [4.78, 5) is 37.3. The fourth-order valence-electron chi connectivity index (χ4n) is 3.86. The number of urea groups is 1. The molecular formula is C18H21N3O6Sn. The summed E-state index contributed by atoms with van der Waals surface area (Å²) in [5, 5.41) is 2.34. The molecule has 2 radical (unpaired) electrons. The van der Waals surface area contributed by atoms with Crippen molar-refractivity contribution in [3.8, 4) is 11.5 Å². The Balaban J connectivity index is 1.42. The number of nitrogens with zero attached hydrogens (tertiary/aromatic N) is 2. The van der Waals surface area contributed by atoms with Crippen LogP contribution in [0.1, 0.15) is 32.9 Å². The third-order valence-corrected chi connectivity index (χ3v) is 9.51. The number of hydrogen-bond donors (Lipinski definition) is 1. The van der Waals surface area contributed by atoms with Crippen molar-refractivity contribution in [3.63, 3.8) is 0 Å². The van der Waals surface area contributed by atoms with Crippen LogP contribution in [0.5, 0.6) is 11.5 Å². The van der Waals surface area contributed by atoms with Crippen molar-refractivity contribution in [2.45, 2.75) is 23.0 Å². The van der Waals surface area contributed by atoms with E-state index >= 15 is 0 Å². The van der Waals surface area contributed by atoms with Crippen molar-refractivity contribution in [2.24, 2.45) is 0 Å². The summed E-state index contributed by atoms with van der Waals surface area (Å²) in [6.07, 6.45) is 1.63. The standard InChI is InChI=1S/C10H9O4.C8H12N3O2.Sn/c1-12-7-3-6-5-14-10(11)9(6)8(4-7)13-2;12-7-5-11(8(13)10-7)6-1-3-9-4-2-6;/h3-5H,1-2H3;6H,1-5H2,(H,10,12,13);/q;-1;+1. The van der Waals surface area contributed by atoms with E-state index in [1.807, 2.05) is 6.07 Å². The van der Waals surface area contributed by atoms with E-state index in [1.165, 1.54) is 7.11 Å². The van der Waals surface area contributed by atoms with Crippen molar-refractivity contribution in [3.05, 3.63) is 23.3 Å². The summed E-state index contributed by atoms with van der Waals surface area (Å²) in [5.74, 6) is 0.537. The van der Waals surface area contributed by atoms with E-state index in [2.05, 4.69) is 8.44 Å². The summed E-state index contributed by atoms with van der Waals surface area (Å²) in [6, 6.07) is 3.35. The normalized spacial score (nSPS) is 22.9. The van der Waals surface area contributed by atoms with Crippen LogP contribution in [-0.4, -0.2) is 87.2 Å². The molecule has 0 saturated carbocycles. The second-order valence-electron chi connectivity index (χ2n) is 6.91. The summed E-state index contributed by atoms with van der Waals surface area (Å²) in [6.45, 7) is 1.81. The maximum absolute atomic E-state index is 12.4. The van der Waals surface area contributed by atoms with Crippen LogP contribution in [0.4, 0.5) is 4.79 Å². The van der Waals surface area contributed by atoms with Gasteiger partial charge >= 0.3 is 173 Å². The third-order valence-electron chi connectivity index (χ3n) is 5.30. The first kappa shape index (κ1) is 19.3. The molecule has 0 unspecified atom stereocenters. The third kappa shape index (κ3) is 3.52. The molecule has 2 saturated heterocycles. The molecule has 0 bridgehead atoms. The zero-order valence-corrected chi connectivity index (χ0v) is 18.5. The van der Waals surface area contributed by atoms with Gasteiger partial charge in [-0.15, -0.1) is 0 Å². The number of nitrogens with one attached hydrogen (secondary N) is 1. The topological polar surface area (TPSA) is 97.4 Å². The Labute approximate surface area is 172 Å². The van der Waals surface area contributed by atoms with Gasteiger partial charge in [-0.25, -0.2) is 0 Å². The molecule has 3 aliphatic heterocycles. The van der Waals surface area contributed by atoms with Crippen molar-refractivity contribution < 1.29 is 28.6 Å². The first-order chi connectivity index (χ1) is 13.5. The number of carbonyl (C=O) groups excluding carboxylic acids is 3. The molecule has 3 heterocycles. The SMILES string of the molecule is COc1cc(OC)c2c(c1)[C@@H]([Sn][N]1CCC(N3CC(=O)NC3=O)CC1)OC2=O. The molecule has 0 aliphatic carbocycles. The second kappa shape index (κ2) is 7.78. The van der Waals surface area contributed by atoms with Crippen LogP contribution in [0.25, 0.3) is 0 Å². The summed E-state index contributed by atoms with van der Waals surface area (Å²) in [7, 11) is 3.11. The van der Waals surface area contributed by atoms with E-state index in [9.17, 15) is 14.4 Å². The van der Waals surface area contributed by atoms with Crippen LogP contribution >= 0.6 is 0 Å². The van der Waals surface area contributed by atoms with Gasteiger partial charge in [-0.05, 0) is 0 Å². The maximum atomic E-state index is 12.4. The van der Waals surface area contributed by atoms with Crippen LogP contribution in [0.3, 0.4) is 0 Å². The monoisotopic (exact) mass is 495 g/mol. The van der Waals surface area contributed by atoms with E-state index in [0.717, 1.165) is 31.5 Å². The fourth-order valence-corrected chi connectivity index (χ4v) is 7.79. The first-order valence-corrected chi connectivity index (χ1v) is 12.0. The fraction of sp³-hybridized carbons (Fsp3) is 0.500. The van der Waals surface area contributed by atoms with Crippen LogP contribution in [0, 0.1) is 0 Å². The van der Waals surface area contributed by atoms with Gasteiger partial charge in [0, 0.05) is 0 Å². The Hall–Kier alpha value is -2.01. The molecule has 3 amide bonds. The number of cyclic esters (lactones) is 1. The van der Waals surface area contributed by atoms with Crippen molar-refractivity contribution in [1.29, 1.82) is 0 Å². The van der Waals surface area contributed by atoms with Crippen LogP contribution in [0.15, 0.2) is 12.1 Å². The number of carbonyl (C=O) groups is 3. The van der Waals surface area contributed by atoms with E-state index < -0.39 is 21.4 Å². The van der Waals surface area contributed by atoms with Gasteiger partial charge in [-0.2, -0.15) is 0 Å². The number of fused-ring (bicyclic) bond motifs is 1. The Morgan fingerprint density at radius 3 is 2.50 bits per heavy atom. The average molecular weight is 494 g/mol. The van der Waals surface area contributed by atoms with Gasteiger partial charge in [0.15, 0.2) is 0 Å².